The predicted octanol–water partition coefficient (Wildman–Crippen LogP) is 0.0723. The molecular weight excluding hydrogens is 241 g/mol. The van der Waals surface area contributed by atoms with Gasteiger partial charge in [-0.3, -0.25) is 0 Å². The number of piperazine rings is 1. The number of hydrogen-bond donors (Lipinski definition) is 0. The largest absolute Gasteiger partial charge is 1.00 e. The monoisotopic (exact) mass is 275 g/mol. The zero-order valence-electron chi connectivity index (χ0n) is 15.2. The Morgan fingerprint density at radius 2 is 1.45 bits per heavy atom. The standard InChI is InChI=1S/C16H34N3.Li/c1-15(2,3)13-17-14(16(4,5)6)12-19-10-8-18(7)9-11-19;/h14H,8-13H2,1-7H3;/q-1;+1/t14-;/m1./s1. The van der Waals surface area contributed by atoms with E-state index < -0.39 is 0 Å². The van der Waals surface area contributed by atoms with Gasteiger partial charge in [0.25, 0.3) is 0 Å². The van der Waals surface area contributed by atoms with Crippen molar-refractivity contribution in [2.24, 2.45) is 10.8 Å². The Balaban J connectivity index is 0.00000361. The van der Waals surface area contributed by atoms with Crippen molar-refractivity contribution < 1.29 is 18.9 Å². The average Bonchev–Trinajstić information content (AvgIpc) is 2.23. The second-order valence-corrected chi connectivity index (χ2v) is 8.39. The zero-order valence-corrected chi connectivity index (χ0v) is 15.2. The van der Waals surface area contributed by atoms with Crippen LogP contribution in [0.5, 0.6) is 0 Å². The molecule has 4 heteroatoms. The summed E-state index contributed by atoms with van der Waals surface area (Å²) in [6.45, 7) is 20.6. The molecule has 0 spiro atoms. The molecule has 0 aromatic carbocycles. The minimum Gasteiger partial charge on any atom is -0.658 e. The third-order valence-corrected chi connectivity index (χ3v) is 3.81. The van der Waals surface area contributed by atoms with Crippen LogP contribution in [-0.4, -0.2) is 62.2 Å². The molecule has 0 aliphatic carbocycles. The van der Waals surface area contributed by atoms with Gasteiger partial charge in [0.2, 0.25) is 0 Å². The summed E-state index contributed by atoms with van der Waals surface area (Å²) in [6.07, 6.45) is 0. The van der Waals surface area contributed by atoms with E-state index >= 15 is 0 Å². The first-order valence-electron chi connectivity index (χ1n) is 7.65. The van der Waals surface area contributed by atoms with Gasteiger partial charge in [-0.2, -0.15) is 0 Å². The summed E-state index contributed by atoms with van der Waals surface area (Å²) in [4.78, 5) is 5.00. The summed E-state index contributed by atoms with van der Waals surface area (Å²) in [5, 5.41) is 5.02. The van der Waals surface area contributed by atoms with E-state index in [4.69, 9.17) is 5.32 Å². The second-order valence-electron chi connectivity index (χ2n) is 8.39. The van der Waals surface area contributed by atoms with E-state index in [9.17, 15) is 0 Å². The van der Waals surface area contributed by atoms with E-state index in [1.807, 2.05) is 0 Å². The molecule has 1 saturated heterocycles. The van der Waals surface area contributed by atoms with Crippen molar-refractivity contribution in [3.8, 4) is 0 Å². The molecule has 0 N–H and O–H groups in total. The van der Waals surface area contributed by atoms with Crippen LogP contribution in [0.4, 0.5) is 0 Å². The molecule has 0 bridgehead atoms. The van der Waals surface area contributed by atoms with Gasteiger partial charge >= 0.3 is 18.9 Å². The summed E-state index contributed by atoms with van der Waals surface area (Å²) in [5.41, 5.74) is 0.556. The third-order valence-electron chi connectivity index (χ3n) is 3.81. The Bertz CT molecular complexity index is 260. The fourth-order valence-electron chi connectivity index (χ4n) is 2.26. The number of rotatable bonds is 4. The molecule has 0 saturated carbocycles. The summed E-state index contributed by atoms with van der Waals surface area (Å²) in [7, 11) is 2.21. The van der Waals surface area contributed by atoms with Crippen LogP contribution in [0.15, 0.2) is 0 Å². The van der Waals surface area contributed by atoms with Crippen molar-refractivity contribution >= 4 is 0 Å². The minimum absolute atomic E-state index is 0. The normalized spacial score (nSPS) is 20.6. The molecule has 0 radical (unpaired) electrons. The van der Waals surface area contributed by atoms with Crippen LogP contribution in [0.2, 0.25) is 0 Å². The molecule has 1 atom stereocenters. The van der Waals surface area contributed by atoms with E-state index in [1.54, 1.807) is 0 Å². The first-order chi connectivity index (χ1) is 8.58. The molecule has 1 fully saturated rings. The van der Waals surface area contributed by atoms with Crippen LogP contribution in [0.1, 0.15) is 41.5 Å². The molecule has 0 unspecified atom stereocenters. The van der Waals surface area contributed by atoms with Crippen LogP contribution in [0, 0.1) is 10.8 Å². The van der Waals surface area contributed by atoms with Gasteiger partial charge in [0.1, 0.15) is 0 Å². The molecule has 0 aromatic heterocycles. The van der Waals surface area contributed by atoms with Crippen molar-refractivity contribution in [3.63, 3.8) is 0 Å². The Kier molecular flexibility index (Phi) is 8.40. The van der Waals surface area contributed by atoms with Gasteiger partial charge in [0, 0.05) is 26.2 Å². The van der Waals surface area contributed by atoms with Crippen LogP contribution in [0.3, 0.4) is 0 Å². The summed E-state index contributed by atoms with van der Waals surface area (Å²) < 4.78 is 0. The Hall–Kier alpha value is 0.477. The molecular formula is C16H34LiN3. The van der Waals surface area contributed by atoms with Crippen LogP contribution in [0.25, 0.3) is 5.32 Å². The Morgan fingerprint density at radius 1 is 0.950 bits per heavy atom. The van der Waals surface area contributed by atoms with Gasteiger partial charge < -0.3 is 15.1 Å². The zero-order chi connectivity index (χ0) is 14.7. The average molecular weight is 275 g/mol. The molecule has 114 valence electrons. The van der Waals surface area contributed by atoms with Gasteiger partial charge in [-0.25, -0.2) is 0 Å². The maximum Gasteiger partial charge on any atom is 1.00 e. The van der Waals surface area contributed by atoms with Gasteiger partial charge in [-0.05, 0) is 13.6 Å². The molecule has 0 amide bonds. The molecule has 3 nitrogen and oxygen atoms in total. The van der Waals surface area contributed by atoms with E-state index in [2.05, 4.69) is 58.4 Å². The molecule has 1 aliphatic rings. The summed E-state index contributed by atoms with van der Waals surface area (Å²) >= 11 is 0. The summed E-state index contributed by atoms with van der Waals surface area (Å²) in [5.74, 6) is 0. The molecule has 1 rings (SSSR count). The van der Waals surface area contributed by atoms with Crippen LogP contribution < -0.4 is 18.9 Å². The first kappa shape index (κ1) is 20.5. The van der Waals surface area contributed by atoms with Gasteiger partial charge in [-0.1, -0.05) is 52.4 Å². The van der Waals surface area contributed by atoms with Crippen molar-refractivity contribution in [2.45, 2.75) is 47.6 Å². The van der Waals surface area contributed by atoms with Crippen LogP contribution in [-0.2, 0) is 0 Å². The SMILES string of the molecule is CN1CCN(C[C@@H]([N-]CC(C)(C)C)C(C)(C)C)CC1.[Li+]. The van der Waals surface area contributed by atoms with Gasteiger partial charge in [0.05, 0.1) is 0 Å². The van der Waals surface area contributed by atoms with Gasteiger partial charge in [-0.15, -0.1) is 12.6 Å². The van der Waals surface area contributed by atoms with E-state index in [0.717, 1.165) is 13.1 Å². The molecule has 20 heavy (non-hydrogen) atoms. The second kappa shape index (κ2) is 8.20. The number of likely N-dealkylation sites (N-methyl/N-ethyl adjacent to an activating group) is 1. The first-order valence-corrected chi connectivity index (χ1v) is 7.65. The van der Waals surface area contributed by atoms with Crippen molar-refractivity contribution in [3.05, 3.63) is 5.32 Å². The predicted molar refractivity (Wildman–Crippen MR) is 84.9 cm³/mol. The Morgan fingerprint density at radius 3 is 1.85 bits per heavy atom. The maximum atomic E-state index is 5.02. The number of nitrogens with zero attached hydrogens (tertiary/aromatic N) is 3. The van der Waals surface area contributed by atoms with E-state index in [0.29, 0.717) is 11.5 Å². The summed E-state index contributed by atoms with van der Waals surface area (Å²) in [6, 6.07) is 0.440. The number of hydrogen-bond acceptors (Lipinski definition) is 2. The fourth-order valence-corrected chi connectivity index (χ4v) is 2.26. The maximum absolute atomic E-state index is 5.02. The quantitative estimate of drug-likeness (QED) is 0.677. The topological polar surface area (TPSA) is 20.6 Å². The fraction of sp³-hybridized carbons (Fsp3) is 1.00. The molecule has 0 aromatic rings. The van der Waals surface area contributed by atoms with E-state index in [-0.39, 0.29) is 24.3 Å². The van der Waals surface area contributed by atoms with Crippen molar-refractivity contribution in [2.75, 3.05) is 46.3 Å². The smallest absolute Gasteiger partial charge is 0.658 e. The molecule has 1 heterocycles. The van der Waals surface area contributed by atoms with Crippen LogP contribution >= 0.6 is 0 Å². The Labute approximate surface area is 139 Å². The molecule has 1 aliphatic heterocycles. The van der Waals surface area contributed by atoms with Crippen molar-refractivity contribution in [1.29, 1.82) is 0 Å². The van der Waals surface area contributed by atoms with E-state index in [1.165, 1.54) is 26.2 Å². The van der Waals surface area contributed by atoms with Gasteiger partial charge in [0.15, 0.2) is 0 Å². The van der Waals surface area contributed by atoms with Crippen molar-refractivity contribution in [1.82, 2.24) is 9.80 Å². The third kappa shape index (κ3) is 8.05. The minimum atomic E-state index is 0.